The number of rotatable bonds is 5. The molecule has 0 amide bonds. The summed E-state index contributed by atoms with van der Waals surface area (Å²) >= 11 is 5.81. The Morgan fingerprint density at radius 3 is 2.69 bits per heavy atom. The molecular formula is C11H16ClN3O. The Balaban J connectivity index is 2.96. The highest BCUT2D eigenvalue weighted by molar-refractivity contribution is 6.32. The summed E-state index contributed by atoms with van der Waals surface area (Å²) in [6.07, 6.45) is 2.99. The normalized spacial score (nSPS) is 12.6. The molecule has 88 valence electrons. The number of hydrogen-bond donors (Lipinski definition) is 1. The van der Waals surface area contributed by atoms with Crippen LogP contribution in [0.2, 0.25) is 5.15 Å². The highest BCUT2D eigenvalue weighted by Crippen LogP contribution is 2.20. The fourth-order valence-corrected chi connectivity index (χ4v) is 1.69. The van der Waals surface area contributed by atoms with Gasteiger partial charge >= 0.3 is 0 Å². The average Bonchev–Trinajstić information content (AvgIpc) is 2.25. The molecule has 16 heavy (non-hydrogen) atoms. The second kappa shape index (κ2) is 5.80. The lowest BCUT2D eigenvalue weighted by molar-refractivity contribution is 0.112. The van der Waals surface area contributed by atoms with Gasteiger partial charge < -0.3 is 5.32 Å². The van der Waals surface area contributed by atoms with Crippen molar-refractivity contribution in [1.29, 1.82) is 0 Å². The Morgan fingerprint density at radius 2 is 2.19 bits per heavy atom. The Kier molecular flexibility index (Phi) is 4.68. The summed E-state index contributed by atoms with van der Waals surface area (Å²) in [6, 6.07) is 0.268. The van der Waals surface area contributed by atoms with Crippen molar-refractivity contribution in [3.8, 4) is 0 Å². The minimum absolute atomic E-state index is 0.186. The quantitative estimate of drug-likeness (QED) is 0.636. The maximum Gasteiger partial charge on any atom is 0.156 e. The lowest BCUT2D eigenvalue weighted by Crippen LogP contribution is -2.26. The molecule has 1 rings (SSSR count). The van der Waals surface area contributed by atoms with Gasteiger partial charge in [0.05, 0.1) is 5.56 Å². The predicted molar refractivity (Wildman–Crippen MR) is 65.0 cm³/mol. The van der Waals surface area contributed by atoms with Crippen molar-refractivity contribution in [2.75, 3.05) is 5.32 Å². The number of nitrogens with one attached hydrogen (secondary N) is 1. The number of anilines is 1. The van der Waals surface area contributed by atoms with Crippen molar-refractivity contribution in [3.05, 3.63) is 17.0 Å². The molecule has 0 saturated carbocycles. The average molecular weight is 242 g/mol. The van der Waals surface area contributed by atoms with Gasteiger partial charge in [0.2, 0.25) is 0 Å². The number of carbonyl (C=O) groups is 1. The van der Waals surface area contributed by atoms with Crippen LogP contribution in [0.15, 0.2) is 6.33 Å². The largest absolute Gasteiger partial charge is 0.366 e. The molecule has 0 aliphatic heterocycles. The number of nitrogens with zero attached hydrogens (tertiary/aromatic N) is 2. The fourth-order valence-electron chi connectivity index (χ4n) is 1.51. The fraction of sp³-hybridized carbons (Fsp3) is 0.545. The van der Waals surface area contributed by atoms with Gasteiger partial charge in [-0.05, 0) is 12.3 Å². The van der Waals surface area contributed by atoms with E-state index in [0.29, 0.717) is 23.6 Å². The standard InChI is InChI=1S/C11H16ClN3O/c1-4-9(7(2)3)15-11-8(5-16)10(12)13-6-14-11/h5-7,9H,4H2,1-3H3,(H,13,14,15). The highest BCUT2D eigenvalue weighted by atomic mass is 35.5. The maximum absolute atomic E-state index is 10.9. The zero-order chi connectivity index (χ0) is 12.1. The Labute approximate surface area is 100 Å². The number of hydrogen-bond acceptors (Lipinski definition) is 4. The zero-order valence-corrected chi connectivity index (χ0v) is 10.5. The molecule has 1 N–H and O–H groups in total. The van der Waals surface area contributed by atoms with Crippen LogP contribution in [0.25, 0.3) is 0 Å². The number of aldehydes is 1. The van der Waals surface area contributed by atoms with E-state index in [2.05, 4.69) is 36.1 Å². The van der Waals surface area contributed by atoms with E-state index in [1.165, 1.54) is 6.33 Å². The molecule has 1 aromatic rings. The van der Waals surface area contributed by atoms with Gasteiger partial charge in [-0.2, -0.15) is 0 Å². The summed E-state index contributed by atoms with van der Waals surface area (Å²) in [5, 5.41) is 3.41. The molecule has 0 bridgehead atoms. The third-order valence-corrected chi connectivity index (χ3v) is 2.82. The van der Waals surface area contributed by atoms with Crippen molar-refractivity contribution >= 4 is 23.7 Å². The van der Waals surface area contributed by atoms with Gasteiger partial charge in [-0.15, -0.1) is 0 Å². The molecule has 0 aromatic carbocycles. The first-order valence-electron chi connectivity index (χ1n) is 5.32. The van der Waals surface area contributed by atoms with E-state index in [0.717, 1.165) is 6.42 Å². The highest BCUT2D eigenvalue weighted by Gasteiger charge is 2.15. The Morgan fingerprint density at radius 1 is 1.50 bits per heavy atom. The third kappa shape index (κ3) is 2.92. The molecule has 1 heterocycles. The number of carbonyl (C=O) groups excluding carboxylic acids is 1. The smallest absolute Gasteiger partial charge is 0.156 e. The SMILES string of the molecule is CCC(Nc1ncnc(Cl)c1C=O)C(C)C. The van der Waals surface area contributed by atoms with Crippen molar-refractivity contribution < 1.29 is 4.79 Å². The van der Waals surface area contributed by atoms with Crippen LogP contribution in [-0.2, 0) is 0 Å². The van der Waals surface area contributed by atoms with Gasteiger partial charge in [0.15, 0.2) is 6.29 Å². The molecule has 0 aliphatic rings. The maximum atomic E-state index is 10.9. The van der Waals surface area contributed by atoms with E-state index in [4.69, 9.17) is 11.6 Å². The van der Waals surface area contributed by atoms with Crippen LogP contribution in [-0.4, -0.2) is 22.3 Å². The summed E-state index contributed by atoms with van der Waals surface area (Å²) in [6.45, 7) is 6.32. The second-order valence-corrected chi connectivity index (χ2v) is 4.31. The zero-order valence-electron chi connectivity index (χ0n) is 9.70. The molecule has 5 heteroatoms. The lowest BCUT2D eigenvalue weighted by atomic mass is 10.0. The van der Waals surface area contributed by atoms with E-state index in [1.54, 1.807) is 0 Å². The van der Waals surface area contributed by atoms with Gasteiger partial charge in [0, 0.05) is 6.04 Å². The molecule has 0 aliphatic carbocycles. The van der Waals surface area contributed by atoms with Crippen LogP contribution < -0.4 is 5.32 Å². The molecule has 1 aromatic heterocycles. The minimum Gasteiger partial charge on any atom is -0.366 e. The lowest BCUT2D eigenvalue weighted by Gasteiger charge is -2.21. The molecular weight excluding hydrogens is 226 g/mol. The van der Waals surface area contributed by atoms with Gasteiger partial charge in [-0.1, -0.05) is 32.4 Å². The third-order valence-electron chi connectivity index (χ3n) is 2.52. The number of aromatic nitrogens is 2. The topological polar surface area (TPSA) is 54.9 Å². The molecule has 0 spiro atoms. The van der Waals surface area contributed by atoms with Gasteiger partial charge in [-0.25, -0.2) is 9.97 Å². The molecule has 0 radical (unpaired) electrons. The molecule has 0 fully saturated rings. The summed E-state index contributed by atoms with van der Waals surface area (Å²) in [5.74, 6) is 0.966. The van der Waals surface area contributed by atoms with Crippen LogP contribution in [0.4, 0.5) is 5.82 Å². The van der Waals surface area contributed by atoms with Crippen LogP contribution in [0.5, 0.6) is 0 Å². The van der Waals surface area contributed by atoms with Gasteiger partial charge in [0.1, 0.15) is 17.3 Å². The predicted octanol–water partition coefficient (Wildman–Crippen LogP) is 2.79. The van der Waals surface area contributed by atoms with E-state index in [1.807, 2.05) is 0 Å². The summed E-state index contributed by atoms with van der Waals surface area (Å²) in [5.41, 5.74) is 0.322. The second-order valence-electron chi connectivity index (χ2n) is 3.95. The molecule has 1 atom stereocenters. The van der Waals surface area contributed by atoms with E-state index in [-0.39, 0.29) is 11.2 Å². The molecule has 1 unspecified atom stereocenters. The first-order chi connectivity index (χ1) is 7.60. The van der Waals surface area contributed by atoms with Crippen LogP contribution >= 0.6 is 11.6 Å². The van der Waals surface area contributed by atoms with Crippen molar-refractivity contribution in [1.82, 2.24) is 9.97 Å². The Hall–Kier alpha value is -1.16. The van der Waals surface area contributed by atoms with Crippen molar-refractivity contribution in [3.63, 3.8) is 0 Å². The number of halogens is 1. The molecule has 4 nitrogen and oxygen atoms in total. The van der Waals surface area contributed by atoms with Crippen molar-refractivity contribution in [2.24, 2.45) is 5.92 Å². The summed E-state index contributed by atoms with van der Waals surface area (Å²) < 4.78 is 0. The van der Waals surface area contributed by atoms with Gasteiger partial charge in [-0.3, -0.25) is 4.79 Å². The van der Waals surface area contributed by atoms with E-state index < -0.39 is 0 Å². The monoisotopic (exact) mass is 241 g/mol. The van der Waals surface area contributed by atoms with E-state index in [9.17, 15) is 4.79 Å². The summed E-state index contributed by atoms with van der Waals surface area (Å²) in [4.78, 5) is 18.7. The van der Waals surface area contributed by atoms with Crippen LogP contribution in [0, 0.1) is 5.92 Å². The molecule has 0 saturated heterocycles. The minimum atomic E-state index is 0.186. The first kappa shape index (κ1) is 12.9. The Bertz CT molecular complexity index is 368. The van der Waals surface area contributed by atoms with Crippen LogP contribution in [0.3, 0.4) is 0 Å². The first-order valence-corrected chi connectivity index (χ1v) is 5.70. The van der Waals surface area contributed by atoms with Crippen molar-refractivity contribution in [2.45, 2.75) is 33.2 Å². The summed E-state index contributed by atoms with van der Waals surface area (Å²) in [7, 11) is 0. The van der Waals surface area contributed by atoms with Gasteiger partial charge in [0.25, 0.3) is 0 Å². The van der Waals surface area contributed by atoms with Crippen LogP contribution in [0.1, 0.15) is 37.6 Å². The van der Waals surface area contributed by atoms with E-state index >= 15 is 0 Å².